The van der Waals surface area contributed by atoms with Crippen LogP contribution in [0.2, 0.25) is 0 Å². The molecule has 1 unspecified atom stereocenters. The number of oxazole rings is 1. The highest BCUT2D eigenvalue weighted by Gasteiger charge is 2.21. The van der Waals surface area contributed by atoms with Crippen LogP contribution in [-0.2, 0) is 0 Å². The first kappa shape index (κ1) is 11.3. The zero-order valence-corrected chi connectivity index (χ0v) is 10.3. The lowest BCUT2D eigenvalue weighted by atomic mass is 10.1. The molecular weight excluding hydrogens is 228 g/mol. The van der Waals surface area contributed by atoms with E-state index in [1.807, 2.05) is 24.3 Å². The molecule has 2 heterocycles. The summed E-state index contributed by atoms with van der Waals surface area (Å²) in [4.78, 5) is 4.56. The molecule has 2 aromatic rings. The second kappa shape index (κ2) is 4.82. The van der Waals surface area contributed by atoms with Crippen LogP contribution in [0.5, 0.6) is 5.75 Å². The van der Waals surface area contributed by atoms with Crippen LogP contribution >= 0.6 is 0 Å². The zero-order valence-electron chi connectivity index (χ0n) is 10.3. The van der Waals surface area contributed by atoms with Gasteiger partial charge in [-0.1, -0.05) is 12.1 Å². The van der Waals surface area contributed by atoms with Crippen molar-refractivity contribution in [3.05, 3.63) is 36.4 Å². The van der Waals surface area contributed by atoms with Crippen molar-refractivity contribution in [2.75, 3.05) is 13.7 Å². The molecule has 4 heteroatoms. The van der Waals surface area contributed by atoms with Gasteiger partial charge in [-0.15, -0.1) is 0 Å². The van der Waals surface area contributed by atoms with Crippen molar-refractivity contribution in [3.63, 3.8) is 0 Å². The van der Waals surface area contributed by atoms with Crippen LogP contribution in [0.15, 0.2) is 34.9 Å². The van der Waals surface area contributed by atoms with Crippen LogP contribution in [-0.4, -0.2) is 18.6 Å². The monoisotopic (exact) mass is 244 g/mol. The minimum absolute atomic E-state index is 0.258. The van der Waals surface area contributed by atoms with Crippen LogP contribution in [0, 0.1) is 0 Å². The van der Waals surface area contributed by atoms with E-state index >= 15 is 0 Å². The van der Waals surface area contributed by atoms with E-state index in [4.69, 9.17) is 9.15 Å². The highest BCUT2D eigenvalue weighted by Crippen LogP contribution is 2.31. The summed E-state index contributed by atoms with van der Waals surface area (Å²) in [5.74, 6) is 1.59. The number of benzene rings is 1. The Labute approximate surface area is 106 Å². The van der Waals surface area contributed by atoms with E-state index in [0.29, 0.717) is 0 Å². The first-order valence-electron chi connectivity index (χ1n) is 6.20. The minimum atomic E-state index is 0.258. The van der Waals surface area contributed by atoms with Crippen LogP contribution in [0.25, 0.3) is 11.3 Å². The van der Waals surface area contributed by atoms with E-state index in [9.17, 15) is 0 Å². The van der Waals surface area contributed by atoms with Crippen molar-refractivity contribution < 1.29 is 9.15 Å². The molecule has 3 rings (SSSR count). The molecule has 0 bridgehead atoms. The summed E-state index contributed by atoms with van der Waals surface area (Å²) in [6.45, 7) is 1.04. The summed E-state index contributed by atoms with van der Waals surface area (Å²) in [6, 6.07) is 8.09. The number of hydrogen-bond acceptors (Lipinski definition) is 4. The van der Waals surface area contributed by atoms with Gasteiger partial charge in [-0.3, -0.25) is 0 Å². The Bertz CT molecular complexity index is 530. The largest absolute Gasteiger partial charge is 0.496 e. The lowest BCUT2D eigenvalue weighted by molar-refractivity contribution is 0.416. The van der Waals surface area contributed by atoms with Gasteiger partial charge >= 0.3 is 0 Å². The van der Waals surface area contributed by atoms with E-state index in [-0.39, 0.29) is 6.04 Å². The zero-order chi connectivity index (χ0) is 12.4. The molecule has 0 saturated carbocycles. The highest BCUT2D eigenvalue weighted by molar-refractivity contribution is 5.66. The summed E-state index contributed by atoms with van der Waals surface area (Å²) in [5, 5.41) is 3.38. The molecule has 18 heavy (non-hydrogen) atoms. The van der Waals surface area contributed by atoms with E-state index < -0.39 is 0 Å². The van der Waals surface area contributed by atoms with Crippen LogP contribution in [0.3, 0.4) is 0 Å². The Morgan fingerprint density at radius 2 is 2.28 bits per heavy atom. The Balaban J connectivity index is 1.92. The molecule has 1 N–H and O–H groups in total. The fourth-order valence-corrected chi connectivity index (χ4v) is 2.32. The molecule has 1 aromatic carbocycles. The third-order valence-electron chi connectivity index (χ3n) is 3.26. The molecular formula is C14H16N2O2. The molecule has 0 amide bonds. The SMILES string of the molecule is COc1ccccc1-c1coc(C2CCCN2)n1. The fourth-order valence-electron chi connectivity index (χ4n) is 2.32. The van der Waals surface area contributed by atoms with E-state index in [1.54, 1.807) is 13.4 Å². The summed E-state index contributed by atoms with van der Waals surface area (Å²) < 4.78 is 10.9. The maximum absolute atomic E-state index is 5.57. The summed E-state index contributed by atoms with van der Waals surface area (Å²) in [5.41, 5.74) is 1.80. The standard InChI is InChI=1S/C14H16N2O2/c1-17-13-7-3-2-5-10(13)12-9-18-14(16-12)11-6-4-8-15-11/h2-3,5,7,9,11,15H,4,6,8H2,1H3. The van der Waals surface area contributed by atoms with Gasteiger partial charge in [0.05, 0.1) is 13.2 Å². The molecule has 0 radical (unpaired) electrons. The maximum atomic E-state index is 5.57. The van der Waals surface area contributed by atoms with Crippen molar-refractivity contribution in [3.8, 4) is 17.0 Å². The van der Waals surface area contributed by atoms with E-state index in [0.717, 1.165) is 35.9 Å². The molecule has 1 aliphatic heterocycles. The molecule has 4 nitrogen and oxygen atoms in total. The minimum Gasteiger partial charge on any atom is -0.496 e. The number of rotatable bonds is 3. The van der Waals surface area contributed by atoms with Gasteiger partial charge in [0.25, 0.3) is 0 Å². The Morgan fingerprint density at radius 1 is 1.39 bits per heavy atom. The van der Waals surface area contributed by atoms with Gasteiger partial charge in [-0.25, -0.2) is 4.98 Å². The molecule has 0 aliphatic carbocycles. The lowest BCUT2D eigenvalue weighted by Crippen LogP contribution is -2.12. The Kier molecular flexibility index (Phi) is 3.02. The molecule has 1 aliphatic rings. The van der Waals surface area contributed by atoms with Crippen molar-refractivity contribution in [2.24, 2.45) is 0 Å². The molecule has 1 aromatic heterocycles. The Hall–Kier alpha value is -1.81. The molecule has 0 spiro atoms. The topological polar surface area (TPSA) is 47.3 Å². The van der Waals surface area contributed by atoms with E-state index in [1.165, 1.54) is 6.42 Å². The van der Waals surface area contributed by atoms with Crippen molar-refractivity contribution >= 4 is 0 Å². The second-order valence-electron chi connectivity index (χ2n) is 4.42. The predicted molar refractivity (Wildman–Crippen MR) is 68.5 cm³/mol. The predicted octanol–water partition coefficient (Wildman–Crippen LogP) is 2.77. The third-order valence-corrected chi connectivity index (χ3v) is 3.26. The smallest absolute Gasteiger partial charge is 0.211 e. The highest BCUT2D eigenvalue weighted by atomic mass is 16.5. The summed E-state index contributed by atoms with van der Waals surface area (Å²) in [6.07, 6.45) is 3.97. The van der Waals surface area contributed by atoms with Crippen LogP contribution < -0.4 is 10.1 Å². The maximum Gasteiger partial charge on any atom is 0.211 e. The van der Waals surface area contributed by atoms with Crippen molar-refractivity contribution in [1.82, 2.24) is 10.3 Å². The van der Waals surface area contributed by atoms with Gasteiger partial charge in [-0.05, 0) is 31.5 Å². The molecule has 94 valence electrons. The van der Waals surface area contributed by atoms with E-state index in [2.05, 4.69) is 10.3 Å². The Morgan fingerprint density at radius 3 is 3.06 bits per heavy atom. The number of nitrogens with zero attached hydrogens (tertiary/aromatic N) is 1. The second-order valence-corrected chi connectivity index (χ2v) is 4.42. The summed E-state index contributed by atoms with van der Waals surface area (Å²) in [7, 11) is 1.67. The average molecular weight is 244 g/mol. The van der Waals surface area contributed by atoms with Gasteiger partial charge < -0.3 is 14.5 Å². The summed E-state index contributed by atoms with van der Waals surface area (Å²) >= 11 is 0. The number of hydrogen-bond donors (Lipinski definition) is 1. The first-order valence-corrected chi connectivity index (χ1v) is 6.20. The van der Waals surface area contributed by atoms with Crippen LogP contribution in [0.1, 0.15) is 24.8 Å². The average Bonchev–Trinajstić information content (AvgIpc) is 3.09. The van der Waals surface area contributed by atoms with Crippen LogP contribution in [0.4, 0.5) is 0 Å². The van der Waals surface area contributed by atoms with Gasteiger partial charge in [0.2, 0.25) is 5.89 Å². The van der Waals surface area contributed by atoms with Gasteiger partial charge in [-0.2, -0.15) is 0 Å². The number of ether oxygens (including phenoxy) is 1. The molecule has 1 fully saturated rings. The number of aromatic nitrogens is 1. The lowest BCUT2D eigenvalue weighted by Gasteiger charge is -2.05. The van der Waals surface area contributed by atoms with Crippen molar-refractivity contribution in [2.45, 2.75) is 18.9 Å². The number of para-hydroxylation sites is 1. The van der Waals surface area contributed by atoms with Gasteiger partial charge in [0, 0.05) is 5.56 Å². The van der Waals surface area contributed by atoms with Gasteiger partial charge in [0.1, 0.15) is 17.7 Å². The molecule has 1 saturated heterocycles. The van der Waals surface area contributed by atoms with Gasteiger partial charge in [0.15, 0.2) is 0 Å². The third kappa shape index (κ3) is 1.99. The quantitative estimate of drug-likeness (QED) is 0.901. The van der Waals surface area contributed by atoms with Crippen molar-refractivity contribution in [1.29, 1.82) is 0 Å². The normalized spacial score (nSPS) is 19.1. The first-order chi connectivity index (χ1) is 8.88. The number of methoxy groups -OCH3 is 1. The molecule has 1 atom stereocenters. The number of nitrogens with one attached hydrogen (secondary N) is 1. The fraction of sp³-hybridized carbons (Fsp3) is 0.357.